The van der Waals surface area contributed by atoms with Gasteiger partial charge in [-0.2, -0.15) is 0 Å². The van der Waals surface area contributed by atoms with Crippen LogP contribution in [0.15, 0.2) is 77.0 Å². The quantitative estimate of drug-likeness (QED) is 0.265. The molecule has 1 atom stereocenters. The van der Waals surface area contributed by atoms with Crippen molar-refractivity contribution in [1.29, 1.82) is 0 Å². The second-order valence-corrected chi connectivity index (χ2v) is 11.4. The molecule has 1 aromatic heterocycles. The minimum Gasteiger partial charge on any atom is -0.440 e. The first-order chi connectivity index (χ1) is 16.6. The van der Waals surface area contributed by atoms with Gasteiger partial charge in [0.15, 0.2) is 6.10 Å². The van der Waals surface area contributed by atoms with Crippen molar-refractivity contribution in [1.82, 2.24) is 0 Å². The average molecular weight is 498 g/mol. The van der Waals surface area contributed by atoms with E-state index in [1.165, 1.54) is 15.9 Å². The van der Waals surface area contributed by atoms with Gasteiger partial charge in [-0.15, -0.1) is 23.1 Å². The number of halogens is 1. The summed E-state index contributed by atoms with van der Waals surface area (Å²) in [6.07, 6.45) is 1.60. The van der Waals surface area contributed by atoms with E-state index in [9.17, 15) is 9.18 Å². The summed E-state index contributed by atoms with van der Waals surface area (Å²) in [5, 5.41) is 1.97. The van der Waals surface area contributed by atoms with Gasteiger partial charge in [-0.05, 0) is 35.7 Å². The number of hydrogen-bond acceptors (Lipinski definition) is 4. The van der Waals surface area contributed by atoms with E-state index in [1.54, 1.807) is 29.5 Å². The lowest BCUT2D eigenvalue weighted by atomic mass is 9.83. The molecule has 0 spiro atoms. The van der Waals surface area contributed by atoms with E-state index in [1.807, 2.05) is 35.3 Å². The Morgan fingerprint density at radius 2 is 1.82 bits per heavy atom. The van der Waals surface area contributed by atoms with Crippen LogP contribution in [0.5, 0.6) is 0 Å². The number of quaternary nitrogens is 1. The fourth-order valence-electron chi connectivity index (χ4n) is 5.21. The molecule has 3 fully saturated rings. The highest BCUT2D eigenvalue weighted by molar-refractivity contribution is 7.99. The Hall–Kier alpha value is -2.35. The number of nitrogens with zero attached hydrogens (tertiary/aromatic N) is 2. The minimum absolute atomic E-state index is 0.116. The number of amides is 1. The Kier molecular flexibility index (Phi) is 7.23. The molecule has 34 heavy (non-hydrogen) atoms. The third kappa shape index (κ3) is 5.32. The predicted molar refractivity (Wildman–Crippen MR) is 137 cm³/mol. The van der Waals surface area contributed by atoms with E-state index in [-0.39, 0.29) is 11.8 Å². The average Bonchev–Trinajstić information content (AvgIpc) is 3.38. The fraction of sp³-hybridized carbons (Fsp3) is 0.370. The summed E-state index contributed by atoms with van der Waals surface area (Å²) in [6.45, 7) is 4.55. The van der Waals surface area contributed by atoms with Gasteiger partial charge in [-0.3, -0.25) is 4.90 Å². The predicted octanol–water partition coefficient (Wildman–Crippen LogP) is 6.43. The van der Waals surface area contributed by atoms with Crippen molar-refractivity contribution < 1.29 is 18.4 Å². The standard InChI is InChI=1S/C27H30FN2O2S2/c28-24-10-4-5-11-25(24)29(19-23-9-6-17-33-23)27(31)32-26-20-30(14-12-21(26)13-15-30)16-18-34-22-7-2-1-3-8-22/h1-11,17,21,26H,12-16,18-20H2/q+1/t21?,26-,30?/m0/s1. The summed E-state index contributed by atoms with van der Waals surface area (Å²) in [4.78, 5) is 17.1. The highest BCUT2D eigenvalue weighted by Crippen LogP contribution is 2.37. The van der Waals surface area contributed by atoms with Gasteiger partial charge in [-0.1, -0.05) is 36.4 Å². The number of carbonyl (C=O) groups is 1. The first kappa shape index (κ1) is 23.4. The van der Waals surface area contributed by atoms with E-state index in [2.05, 4.69) is 24.3 Å². The topological polar surface area (TPSA) is 29.5 Å². The van der Waals surface area contributed by atoms with Crippen LogP contribution in [0, 0.1) is 11.7 Å². The molecule has 0 N–H and O–H groups in total. The number of thiophene rings is 1. The van der Waals surface area contributed by atoms with Crippen molar-refractivity contribution >= 4 is 34.9 Å². The van der Waals surface area contributed by atoms with Crippen LogP contribution in [0.1, 0.15) is 17.7 Å². The maximum Gasteiger partial charge on any atom is 0.415 e. The summed E-state index contributed by atoms with van der Waals surface area (Å²) in [6, 6.07) is 20.9. The van der Waals surface area contributed by atoms with Gasteiger partial charge >= 0.3 is 6.09 Å². The normalized spacial score (nSPS) is 23.6. The molecule has 1 amide bonds. The van der Waals surface area contributed by atoms with Gasteiger partial charge in [-0.25, -0.2) is 9.18 Å². The number of thioether (sulfide) groups is 1. The highest BCUT2D eigenvalue weighted by atomic mass is 32.2. The van der Waals surface area contributed by atoms with Crippen LogP contribution in [-0.4, -0.2) is 48.6 Å². The smallest absolute Gasteiger partial charge is 0.415 e. The number of para-hydroxylation sites is 1. The second-order valence-electron chi connectivity index (χ2n) is 9.23. The first-order valence-corrected chi connectivity index (χ1v) is 13.8. The van der Waals surface area contributed by atoms with E-state index >= 15 is 0 Å². The number of fused-ring (bicyclic) bond motifs is 3. The lowest BCUT2D eigenvalue weighted by Gasteiger charge is -2.52. The van der Waals surface area contributed by atoms with Gasteiger partial charge in [0.05, 0.1) is 31.9 Å². The van der Waals surface area contributed by atoms with Crippen molar-refractivity contribution in [2.24, 2.45) is 5.92 Å². The Morgan fingerprint density at radius 1 is 1.06 bits per heavy atom. The maximum absolute atomic E-state index is 14.6. The number of benzene rings is 2. The Balaban J connectivity index is 1.26. The zero-order valence-electron chi connectivity index (χ0n) is 19.1. The van der Waals surface area contributed by atoms with E-state index < -0.39 is 11.9 Å². The second kappa shape index (κ2) is 10.5. The number of rotatable bonds is 8. The van der Waals surface area contributed by atoms with Crippen molar-refractivity contribution in [2.75, 3.05) is 36.8 Å². The van der Waals surface area contributed by atoms with Crippen LogP contribution < -0.4 is 4.90 Å². The molecule has 6 rings (SSSR count). The monoisotopic (exact) mass is 497 g/mol. The molecular formula is C27H30FN2O2S2+. The Bertz CT molecular complexity index is 1090. The Morgan fingerprint density at radius 3 is 2.56 bits per heavy atom. The molecule has 4 nitrogen and oxygen atoms in total. The van der Waals surface area contributed by atoms with Crippen LogP contribution >= 0.6 is 23.1 Å². The molecule has 7 heteroatoms. The van der Waals surface area contributed by atoms with Gasteiger partial charge in [0.1, 0.15) is 12.4 Å². The van der Waals surface area contributed by atoms with Crippen molar-refractivity contribution in [2.45, 2.75) is 30.4 Å². The molecule has 2 bridgehead atoms. The van der Waals surface area contributed by atoms with Gasteiger partial charge in [0, 0.05) is 34.3 Å². The molecule has 178 valence electrons. The van der Waals surface area contributed by atoms with E-state index in [0.29, 0.717) is 12.5 Å². The molecule has 2 aromatic carbocycles. The minimum atomic E-state index is -0.450. The molecule has 0 unspecified atom stereocenters. The molecule has 3 aliphatic heterocycles. The zero-order chi connectivity index (χ0) is 23.4. The summed E-state index contributed by atoms with van der Waals surface area (Å²) in [7, 11) is 0. The van der Waals surface area contributed by atoms with Gasteiger partial charge < -0.3 is 9.22 Å². The molecule has 3 aromatic rings. The maximum atomic E-state index is 14.6. The number of piperidine rings is 3. The van der Waals surface area contributed by atoms with E-state index in [0.717, 1.165) is 54.1 Å². The highest BCUT2D eigenvalue weighted by Gasteiger charge is 2.47. The number of carbonyl (C=O) groups excluding carboxylic acids is 1. The number of ether oxygens (including phenoxy) is 1. The number of anilines is 1. The van der Waals surface area contributed by atoms with Crippen molar-refractivity contribution in [3.63, 3.8) is 0 Å². The van der Waals surface area contributed by atoms with Crippen LogP contribution in [-0.2, 0) is 11.3 Å². The summed E-state index contributed by atoms with van der Waals surface area (Å²) in [5.41, 5.74) is 0.269. The number of hydrogen-bond donors (Lipinski definition) is 0. The van der Waals surface area contributed by atoms with Crippen LogP contribution in [0.4, 0.5) is 14.9 Å². The lowest BCUT2D eigenvalue weighted by Crippen LogP contribution is -2.65. The molecule has 3 saturated heterocycles. The first-order valence-electron chi connectivity index (χ1n) is 11.9. The third-order valence-electron chi connectivity index (χ3n) is 7.13. The molecular weight excluding hydrogens is 467 g/mol. The van der Waals surface area contributed by atoms with Crippen molar-refractivity contribution in [3.05, 3.63) is 82.8 Å². The summed E-state index contributed by atoms with van der Waals surface area (Å²) < 4.78 is 21.8. The van der Waals surface area contributed by atoms with Crippen molar-refractivity contribution in [3.8, 4) is 0 Å². The summed E-state index contributed by atoms with van der Waals surface area (Å²) >= 11 is 3.45. The molecule has 4 heterocycles. The molecule has 0 aliphatic carbocycles. The molecule has 3 aliphatic rings. The summed E-state index contributed by atoms with van der Waals surface area (Å²) in [5.74, 6) is 1.04. The van der Waals surface area contributed by atoms with Crippen LogP contribution in [0.3, 0.4) is 0 Å². The third-order valence-corrected chi connectivity index (χ3v) is 8.98. The largest absolute Gasteiger partial charge is 0.440 e. The zero-order valence-corrected chi connectivity index (χ0v) is 20.8. The Labute approximate surface area is 208 Å². The van der Waals surface area contributed by atoms with Gasteiger partial charge in [0.25, 0.3) is 0 Å². The molecule has 0 radical (unpaired) electrons. The SMILES string of the molecule is O=C(O[C@H]1C[N+]2(CCSc3ccccc3)CCC1CC2)N(Cc1cccs1)c1ccccc1F. The lowest BCUT2D eigenvalue weighted by molar-refractivity contribution is -0.943. The van der Waals surface area contributed by atoms with Crippen LogP contribution in [0.25, 0.3) is 0 Å². The van der Waals surface area contributed by atoms with Gasteiger partial charge in [0.2, 0.25) is 0 Å². The fourth-order valence-corrected chi connectivity index (χ4v) is 6.97. The van der Waals surface area contributed by atoms with Crippen LogP contribution in [0.2, 0.25) is 0 Å². The van der Waals surface area contributed by atoms with E-state index in [4.69, 9.17) is 4.74 Å². The molecule has 0 saturated carbocycles.